The highest BCUT2D eigenvalue weighted by molar-refractivity contribution is 8.18. The quantitative estimate of drug-likeness (QED) is 0.671. The zero-order chi connectivity index (χ0) is 18.7. The Morgan fingerprint density at radius 2 is 1.96 bits per heavy atom. The molecule has 6 heteroatoms. The number of hydrogen-bond donors (Lipinski definition) is 0. The molecule has 0 saturated carbocycles. The number of carbonyl (C=O) groups excluding carboxylic acids is 1. The van der Waals surface area contributed by atoms with Crippen molar-refractivity contribution in [2.24, 2.45) is 4.99 Å². The number of ether oxygens (including phenoxy) is 1. The van der Waals surface area contributed by atoms with Crippen LogP contribution in [0.15, 0.2) is 52.4 Å². The van der Waals surface area contributed by atoms with Crippen molar-refractivity contribution in [1.29, 1.82) is 0 Å². The molecule has 2 aromatic rings. The van der Waals surface area contributed by atoms with Gasteiger partial charge in [-0.2, -0.15) is 0 Å². The Balaban J connectivity index is 1.85. The van der Waals surface area contributed by atoms with E-state index in [0.29, 0.717) is 21.7 Å². The van der Waals surface area contributed by atoms with Crippen LogP contribution >= 0.6 is 23.4 Å². The third-order valence-corrected chi connectivity index (χ3v) is 5.16. The third kappa shape index (κ3) is 4.11. The van der Waals surface area contributed by atoms with Crippen molar-refractivity contribution in [3.05, 3.63) is 63.5 Å². The average molecular weight is 387 g/mol. The lowest BCUT2D eigenvalue weighted by atomic mass is 10.1. The molecule has 0 N–H and O–H groups in total. The van der Waals surface area contributed by atoms with E-state index in [1.807, 2.05) is 50.3 Å². The highest BCUT2D eigenvalue weighted by atomic mass is 35.5. The number of benzene rings is 2. The molecule has 1 saturated heterocycles. The summed E-state index contributed by atoms with van der Waals surface area (Å²) in [5, 5.41) is 1.30. The van der Waals surface area contributed by atoms with E-state index in [4.69, 9.17) is 16.3 Å². The van der Waals surface area contributed by atoms with E-state index in [9.17, 15) is 4.79 Å². The Bertz CT molecular complexity index is 891. The maximum Gasteiger partial charge on any atom is 0.266 e. The van der Waals surface area contributed by atoms with Crippen LogP contribution in [0.2, 0.25) is 5.02 Å². The van der Waals surface area contributed by atoms with Crippen molar-refractivity contribution in [2.75, 3.05) is 13.7 Å². The molecule has 0 radical (unpaired) electrons. The molecule has 1 aliphatic rings. The van der Waals surface area contributed by atoms with Crippen LogP contribution in [0.25, 0.3) is 6.08 Å². The van der Waals surface area contributed by atoms with Crippen molar-refractivity contribution >= 4 is 46.2 Å². The number of halogens is 1. The normalized spacial score (nSPS) is 17.4. The number of aliphatic imine (C=N–C) groups is 1. The van der Waals surface area contributed by atoms with Gasteiger partial charge in [-0.25, -0.2) is 4.99 Å². The van der Waals surface area contributed by atoms with E-state index in [0.717, 1.165) is 22.6 Å². The zero-order valence-electron chi connectivity index (χ0n) is 14.8. The van der Waals surface area contributed by atoms with Crippen molar-refractivity contribution < 1.29 is 9.53 Å². The molecule has 4 nitrogen and oxygen atoms in total. The monoisotopic (exact) mass is 386 g/mol. The Morgan fingerprint density at radius 3 is 2.62 bits per heavy atom. The topological polar surface area (TPSA) is 41.9 Å². The predicted molar refractivity (Wildman–Crippen MR) is 109 cm³/mol. The van der Waals surface area contributed by atoms with E-state index >= 15 is 0 Å². The third-order valence-electron chi connectivity index (χ3n) is 3.85. The SMILES string of the molecule is CCOc1ccc(/C=C2/SC(=Nc3ccc(Cl)cc3)N(C)C2=O)cc1C. The lowest BCUT2D eigenvalue weighted by Crippen LogP contribution is -2.23. The average Bonchev–Trinajstić information content (AvgIpc) is 2.87. The van der Waals surface area contributed by atoms with Gasteiger partial charge in [-0.05, 0) is 79.2 Å². The van der Waals surface area contributed by atoms with Crippen molar-refractivity contribution in [3.8, 4) is 5.75 Å². The van der Waals surface area contributed by atoms with Gasteiger partial charge in [-0.15, -0.1) is 0 Å². The minimum Gasteiger partial charge on any atom is -0.494 e. The van der Waals surface area contributed by atoms with Crippen LogP contribution in [-0.2, 0) is 4.79 Å². The van der Waals surface area contributed by atoms with E-state index in [-0.39, 0.29) is 5.91 Å². The van der Waals surface area contributed by atoms with Gasteiger partial charge in [0.15, 0.2) is 5.17 Å². The highest BCUT2D eigenvalue weighted by Crippen LogP contribution is 2.33. The minimum atomic E-state index is -0.0609. The van der Waals surface area contributed by atoms with E-state index < -0.39 is 0 Å². The van der Waals surface area contributed by atoms with Crippen molar-refractivity contribution in [2.45, 2.75) is 13.8 Å². The molecule has 0 aromatic heterocycles. The Morgan fingerprint density at radius 1 is 1.23 bits per heavy atom. The van der Waals surface area contributed by atoms with E-state index in [1.54, 1.807) is 24.1 Å². The summed E-state index contributed by atoms with van der Waals surface area (Å²) in [6.45, 7) is 4.58. The van der Waals surface area contributed by atoms with Crippen LogP contribution in [0.1, 0.15) is 18.1 Å². The minimum absolute atomic E-state index is 0.0609. The van der Waals surface area contributed by atoms with Crippen molar-refractivity contribution in [3.63, 3.8) is 0 Å². The predicted octanol–water partition coefficient (Wildman–Crippen LogP) is 5.28. The molecular formula is C20H19ClN2O2S. The van der Waals surface area contributed by atoms with Gasteiger partial charge in [-0.1, -0.05) is 17.7 Å². The molecule has 0 atom stereocenters. The maximum atomic E-state index is 12.5. The second-order valence-corrected chi connectivity index (χ2v) is 7.25. The smallest absolute Gasteiger partial charge is 0.266 e. The van der Waals surface area contributed by atoms with Crippen LogP contribution in [0, 0.1) is 6.92 Å². The fraction of sp³-hybridized carbons (Fsp3) is 0.200. The van der Waals surface area contributed by atoms with Gasteiger partial charge < -0.3 is 4.74 Å². The highest BCUT2D eigenvalue weighted by Gasteiger charge is 2.30. The lowest BCUT2D eigenvalue weighted by Gasteiger charge is -2.07. The van der Waals surface area contributed by atoms with Gasteiger partial charge in [0, 0.05) is 12.1 Å². The molecule has 0 aliphatic carbocycles. The molecule has 3 rings (SSSR count). The fourth-order valence-electron chi connectivity index (χ4n) is 2.51. The van der Waals surface area contributed by atoms with Crippen LogP contribution in [0.3, 0.4) is 0 Å². The number of amides is 1. The van der Waals surface area contributed by atoms with Crippen LogP contribution < -0.4 is 4.74 Å². The summed E-state index contributed by atoms with van der Waals surface area (Å²) >= 11 is 7.27. The fourth-order valence-corrected chi connectivity index (χ4v) is 3.62. The first-order chi connectivity index (χ1) is 12.5. The molecule has 2 aromatic carbocycles. The summed E-state index contributed by atoms with van der Waals surface area (Å²) in [6.07, 6.45) is 1.89. The van der Waals surface area contributed by atoms with Gasteiger partial charge in [0.25, 0.3) is 5.91 Å². The molecule has 1 amide bonds. The largest absolute Gasteiger partial charge is 0.494 e. The summed E-state index contributed by atoms with van der Waals surface area (Å²) in [5.74, 6) is 0.802. The standard InChI is InChI=1S/C20H19ClN2O2S/c1-4-25-17-10-5-14(11-13(17)2)12-18-19(24)23(3)20(26-18)22-16-8-6-15(21)7-9-16/h5-12H,4H2,1-3H3/b18-12+,22-20?. The molecule has 1 heterocycles. The molecular weight excluding hydrogens is 368 g/mol. The molecule has 1 aliphatic heterocycles. The summed E-state index contributed by atoms with van der Waals surface area (Å²) < 4.78 is 5.56. The Kier molecular flexibility index (Phi) is 5.69. The second-order valence-electron chi connectivity index (χ2n) is 5.80. The molecule has 134 valence electrons. The summed E-state index contributed by atoms with van der Waals surface area (Å²) in [5.41, 5.74) is 2.76. The lowest BCUT2D eigenvalue weighted by molar-refractivity contribution is -0.121. The van der Waals surface area contributed by atoms with Crippen LogP contribution in [0.4, 0.5) is 5.69 Å². The van der Waals surface area contributed by atoms with Gasteiger partial charge in [-0.3, -0.25) is 9.69 Å². The van der Waals surface area contributed by atoms with E-state index in [2.05, 4.69) is 4.99 Å². The molecule has 0 unspecified atom stereocenters. The van der Waals surface area contributed by atoms with Gasteiger partial charge in [0.05, 0.1) is 17.2 Å². The van der Waals surface area contributed by atoms with Crippen molar-refractivity contribution in [1.82, 2.24) is 4.90 Å². The molecule has 0 bridgehead atoms. The Hall–Kier alpha value is -2.24. The van der Waals surface area contributed by atoms with Crippen LogP contribution in [0.5, 0.6) is 5.75 Å². The Labute approximate surface area is 162 Å². The summed E-state index contributed by atoms with van der Waals surface area (Å²) in [6, 6.07) is 13.1. The molecule has 0 spiro atoms. The number of aryl methyl sites for hydroxylation is 1. The first kappa shape index (κ1) is 18.5. The second kappa shape index (κ2) is 7.98. The first-order valence-corrected chi connectivity index (χ1v) is 9.42. The zero-order valence-corrected chi connectivity index (χ0v) is 16.4. The van der Waals surface area contributed by atoms with E-state index in [1.165, 1.54) is 11.8 Å². The molecule has 26 heavy (non-hydrogen) atoms. The number of carbonyl (C=O) groups is 1. The summed E-state index contributed by atoms with van der Waals surface area (Å²) in [4.78, 5) is 19.3. The van der Waals surface area contributed by atoms with Crippen LogP contribution in [-0.4, -0.2) is 29.6 Å². The number of thioether (sulfide) groups is 1. The maximum absolute atomic E-state index is 12.5. The van der Waals surface area contributed by atoms with Gasteiger partial charge in [0.1, 0.15) is 5.75 Å². The molecule has 1 fully saturated rings. The number of nitrogens with zero attached hydrogens (tertiary/aromatic N) is 2. The number of hydrogen-bond acceptors (Lipinski definition) is 4. The number of rotatable bonds is 4. The number of amidine groups is 1. The van der Waals surface area contributed by atoms with Gasteiger partial charge in [0.2, 0.25) is 0 Å². The van der Waals surface area contributed by atoms with Gasteiger partial charge >= 0.3 is 0 Å². The first-order valence-electron chi connectivity index (χ1n) is 8.23. The number of likely N-dealkylation sites (N-methyl/N-ethyl adjacent to an activating group) is 1. The summed E-state index contributed by atoms with van der Waals surface area (Å²) in [7, 11) is 1.73.